The van der Waals surface area contributed by atoms with Crippen LogP contribution >= 0.6 is 11.3 Å². The number of amides is 2. The van der Waals surface area contributed by atoms with Gasteiger partial charge in [-0.05, 0) is 44.4 Å². The van der Waals surface area contributed by atoms with E-state index >= 15 is 0 Å². The minimum Gasteiger partial charge on any atom is -0.350 e. The van der Waals surface area contributed by atoms with Crippen LogP contribution in [-0.4, -0.2) is 63.8 Å². The van der Waals surface area contributed by atoms with E-state index in [0.29, 0.717) is 18.3 Å². The lowest BCUT2D eigenvalue weighted by atomic mass is 9.93. The third kappa shape index (κ3) is 5.00. The SMILES string of the molecule is O=C(NCc1ccccn1)[C@@H]1CCCN(C2CCN(C(=O)c3cscn3)CC2)C1. The number of piperidine rings is 2. The predicted molar refractivity (Wildman–Crippen MR) is 111 cm³/mol. The van der Waals surface area contributed by atoms with Gasteiger partial charge in [-0.1, -0.05) is 6.07 Å². The van der Waals surface area contributed by atoms with Gasteiger partial charge in [0.25, 0.3) is 5.91 Å². The molecule has 2 aliphatic heterocycles. The van der Waals surface area contributed by atoms with Crippen LogP contribution in [0.25, 0.3) is 0 Å². The van der Waals surface area contributed by atoms with Crippen molar-refractivity contribution in [2.75, 3.05) is 26.2 Å². The minimum absolute atomic E-state index is 0.0298. The number of hydrogen-bond acceptors (Lipinski definition) is 6. The zero-order chi connectivity index (χ0) is 20.1. The zero-order valence-electron chi connectivity index (χ0n) is 16.5. The summed E-state index contributed by atoms with van der Waals surface area (Å²) in [6, 6.07) is 6.18. The first kappa shape index (κ1) is 20.0. The van der Waals surface area contributed by atoms with Crippen molar-refractivity contribution < 1.29 is 9.59 Å². The molecule has 0 unspecified atom stereocenters. The van der Waals surface area contributed by atoms with Crippen molar-refractivity contribution in [1.82, 2.24) is 25.1 Å². The van der Waals surface area contributed by atoms with E-state index < -0.39 is 0 Å². The molecule has 4 heterocycles. The second-order valence-electron chi connectivity index (χ2n) is 7.77. The van der Waals surface area contributed by atoms with Crippen molar-refractivity contribution in [3.05, 3.63) is 46.7 Å². The van der Waals surface area contributed by atoms with Crippen LogP contribution < -0.4 is 5.32 Å². The molecule has 0 bridgehead atoms. The van der Waals surface area contributed by atoms with Crippen LogP contribution in [0.2, 0.25) is 0 Å². The van der Waals surface area contributed by atoms with Crippen molar-refractivity contribution in [2.24, 2.45) is 5.92 Å². The summed E-state index contributed by atoms with van der Waals surface area (Å²) in [6.45, 7) is 3.84. The maximum Gasteiger partial charge on any atom is 0.273 e. The van der Waals surface area contributed by atoms with Gasteiger partial charge in [0, 0.05) is 37.3 Å². The smallest absolute Gasteiger partial charge is 0.273 e. The summed E-state index contributed by atoms with van der Waals surface area (Å²) in [7, 11) is 0. The number of carbonyl (C=O) groups is 2. The minimum atomic E-state index is 0.0298. The fraction of sp³-hybridized carbons (Fsp3) is 0.524. The van der Waals surface area contributed by atoms with Gasteiger partial charge in [-0.25, -0.2) is 4.98 Å². The first-order valence-corrected chi connectivity index (χ1v) is 11.2. The van der Waals surface area contributed by atoms with Gasteiger partial charge < -0.3 is 10.2 Å². The topological polar surface area (TPSA) is 78.4 Å². The summed E-state index contributed by atoms with van der Waals surface area (Å²) < 4.78 is 0. The lowest BCUT2D eigenvalue weighted by molar-refractivity contribution is -0.127. The van der Waals surface area contributed by atoms with E-state index in [1.807, 2.05) is 28.5 Å². The normalized spacial score (nSPS) is 21.1. The third-order valence-electron chi connectivity index (χ3n) is 5.91. The molecular formula is C21H27N5O2S. The van der Waals surface area contributed by atoms with E-state index in [0.717, 1.165) is 57.6 Å². The Morgan fingerprint density at radius 1 is 1.14 bits per heavy atom. The maximum atomic E-state index is 12.6. The summed E-state index contributed by atoms with van der Waals surface area (Å²) in [6.07, 6.45) is 5.64. The van der Waals surface area contributed by atoms with Crippen LogP contribution in [0.3, 0.4) is 0 Å². The number of rotatable bonds is 5. The second kappa shape index (κ2) is 9.45. The number of aromatic nitrogens is 2. The molecule has 8 heteroatoms. The Morgan fingerprint density at radius 2 is 2.00 bits per heavy atom. The molecule has 2 saturated heterocycles. The number of carbonyl (C=O) groups excluding carboxylic acids is 2. The van der Waals surface area contributed by atoms with E-state index in [1.54, 1.807) is 11.7 Å². The Bertz CT molecular complexity index is 806. The number of hydrogen-bond donors (Lipinski definition) is 1. The van der Waals surface area contributed by atoms with Crippen molar-refractivity contribution >= 4 is 23.2 Å². The molecule has 0 radical (unpaired) electrons. The number of nitrogens with zero attached hydrogens (tertiary/aromatic N) is 4. The van der Waals surface area contributed by atoms with Gasteiger partial charge in [-0.3, -0.25) is 19.5 Å². The van der Waals surface area contributed by atoms with Gasteiger partial charge in [0.2, 0.25) is 5.91 Å². The first-order valence-electron chi connectivity index (χ1n) is 10.3. The Morgan fingerprint density at radius 3 is 2.72 bits per heavy atom. The van der Waals surface area contributed by atoms with Crippen molar-refractivity contribution in [3.63, 3.8) is 0 Å². The lowest BCUT2D eigenvalue weighted by Gasteiger charge is -2.41. The van der Waals surface area contributed by atoms with Gasteiger partial charge in [0.15, 0.2) is 0 Å². The molecule has 2 fully saturated rings. The van der Waals surface area contributed by atoms with E-state index in [2.05, 4.69) is 20.2 Å². The average molecular weight is 414 g/mol. The summed E-state index contributed by atoms with van der Waals surface area (Å²) >= 11 is 1.45. The maximum absolute atomic E-state index is 12.6. The summed E-state index contributed by atoms with van der Waals surface area (Å²) in [4.78, 5) is 37.9. The van der Waals surface area contributed by atoms with Crippen molar-refractivity contribution in [3.8, 4) is 0 Å². The summed E-state index contributed by atoms with van der Waals surface area (Å²) in [5, 5.41) is 4.86. The highest BCUT2D eigenvalue weighted by atomic mass is 32.1. The molecule has 0 aliphatic carbocycles. The number of likely N-dealkylation sites (tertiary alicyclic amines) is 2. The van der Waals surface area contributed by atoms with Gasteiger partial charge in [-0.15, -0.1) is 11.3 Å². The standard InChI is InChI=1S/C21H27N5O2S/c27-20(23-12-17-5-1-2-8-22-17)16-4-3-9-26(13-16)18-6-10-25(11-7-18)21(28)19-14-29-15-24-19/h1-2,5,8,14-16,18H,3-4,6-7,9-13H2,(H,23,27)/t16-/m1/s1. The van der Waals surface area contributed by atoms with Gasteiger partial charge in [0.1, 0.15) is 5.69 Å². The van der Waals surface area contributed by atoms with E-state index in [4.69, 9.17) is 0 Å². The van der Waals surface area contributed by atoms with Crippen LogP contribution in [0.1, 0.15) is 41.9 Å². The highest BCUT2D eigenvalue weighted by Gasteiger charge is 2.32. The third-order valence-corrected chi connectivity index (χ3v) is 6.50. The monoisotopic (exact) mass is 413 g/mol. The highest BCUT2D eigenvalue weighted by Crippen LogP contribution is 2.25. The Labute approximate surface area is 175 Å². The number of nitrogens with one attached hydrogen (secondary N) is 1. The summed E-state index contributed by atoms with van der Waals surface area (Å²) in [5.74, 6) is 0.189. The Balaban J connectivity index is 1.25. The molecule has 4 rings (SSSR count). The van der Waals surface area contributed by atoms with Crippen LogP contribution in [0.5, 0.6) is 0 Å². The van der Waals surface area contributed by atoms with Crippen molar-refractivity contribution in [2.45, 2.75) is 38.3 Å². The lowest BCUT2D eigenvalue weighted by Crippen LogP contribution is -2.51. The number of thiazole rings is 1. The fourth-order valence-corrected chi connectivity index (χ4v) is 4.82. The molecule has 0 aromatic carbocycles. The molecule has 0 spiro atoms. The van der Waals surface area contributed by atoms with E-state index in [1.165, 1.54) is 11.3 Å². The Kier molecular flexibility index (Phi) is 6.51. The van der Waals surface area contributed by atoms with E-state index in [-0.39, 0.29) is 17.7 Å². The molecule has 2 amide bonds. The van der Waals surface area contributed by atoms with E-state index in [9.17, 15) is 9.59 Å². The predicted octanol–water partition coefficient (Wildman–Crippen LogP) is 2.17. The second-order valence-corrected chi connectivity index (χ2v) is 8.49. The summed E-state index contributed by atoms with van der Waals surface area (Å²) in [5.41, 5.74) is 3.13. The fourth-order valence-electron chi connectivity index (χ4n) is 4.29. The van der Waals surface area contributed by atoms with Crippen LogP contribution in [0.4, 0.5) is 0 Å². The molecule has 2 aliphatic rings. The quantitative estimate of drug-likeness (QED) is 0.813. The van der Waals surface area contributed by atoms with Gasteiger partial charge in [-0.2, -0.15) is 0 Å². The molecule has 29 heavy (non-hydrogen) atoms. The zero-order valence-corrected chi connectivity index (χ0v) is 17.3. The molecule has 1 N–H and O–H groups in total. The highest BCUT2D eigenvalue weighted by molar-refractivity contribution is 7.07. The molecule has 7 nitrogen and oxygen atoms in total. The largest absolute Gasteiger partial charge is 0.350 e. The van der Waals surface area contributed by atoms with Gasteiger partial charge in [0.05, 0.1) is 23.7 Å². The van der Waals surface area contributed by atoms with Crippen LogP contribution in [0.15, 0.2) is 35.3 Å². The average Bonchev–Trinajstić information content (AvgIpc) is 3.33. The van der Waals surface area contributed by atoms with Crippen molar-refractivity contribution in [1.29, 1.82) is 0 Å². The molecule has 1 atom stereocenters. The molecule has 0 saturated carbocycles. The van der Waals surface area contributed by atoms with Gasteiger partial charge >= 0.3 is 0 Å². The van der Waals surface area contributed by atoms with Crippen LogP contribution in [-0.2, 0) is 11.3 Å². The molecule has 2 aromatic heterocycles. The van der Waals surface area contributed by atoms with Crippen LogP contribution in [0, 0.1) is 5.92 Å². The number of pyridine rings is 1. The molecule has 2 aromatic rings. The first-order chi connectivity index (χ1) is 14.2. The Hall–Kier alpha value is -2.32. The molecular weight excluding hydrogens is 386 g/mol. The molecule has 154 valence electrons.